The average Bonchev–Trinajstić information content (AvgIpc) is 2.85. The van der Waals surface area contributed by atoms with E-state index in [1.54, 1.807) is 12.1 Å². The molecule has 4 nitrogen and oxygen atoms in total. The Kier molecular flexibility index (Phi) is 4.43. The number of hydrogen-bond acceptors (Lipinski definition) is 4. The molecule has 0 radical (unpaired) electrons. The predicted octanol–water partition coefficient (Wildman–Crippen LogP) is 2.86. The van der Waals surface area contributed by atoms with Crippen LogP contribution in [-0.2, 0) is 6.42 Å². The summed E-state index contributed by atoms with van der Waals surface area (Å²) < 4.78 is 19.1. The van der Waals surface area contributed by atoms with Crippen molar-refractivity contribution in [2.75, 3.05) is 6.54 Å². The summed E-state index contributed by atoms with van der Waals surface area (Å²) in [5.74, 6) is 0.433. The molecule has 0 aliphatic carbocycles. The molecule has 0 amide bonds. The zero-order valence-corrected chi connectivity index (χ0v) is 11.4. The van der Waals surface area contributed by atoms with Crippen LogP contribution in [0.5, 0.6) is 0 Å². The van der Waals surface area contributed by atoms with E-state index in [1.807, 2.05) is 6.92 Å². The summed E-state index contributed by atoms with van der Waals surface area (Å²) in [5, 5.41) is 6.93. The molecule has 0 aliphatic rings. The Hall–Kier alpha value is -1.27. The van der Waals surface area contributed by atoms with Crippen molar-refractivity contribution in [2.24, 2.45) is 0 Å². The molecule has 1 unspecified atom stereocenters. The maximum absolute atomic E-state index is 13.6. The minimum Gasteiger partial charge on any atom is -0.343 e. The van der Waals surface area contributed by atoms with Crippen LogP contribution in [0, 0.1) is 5.82 Å². The summed E-state index contributed by atoms with van der Waals surface area (Å²) in [6, 6.07) is 4.85. The first-order valence-electron chi connectivity index (χ1n) is 5.60. The molecular formula is C12H13BrFN3O. The van der Waals surface area contributed by atoms with E-state index in [4.69, 9.17) is 0 Å². The molecule has 1 N–H and O–H groups in total. The Morgan fingerprint density at radius 2 is 2.33 bits per heavy atom. The fourth-order valence-corrected chi connectivity index (χ4v) is 2.04. The first kappa shape index (κ1) is 13.2. The van der Waals surface area contributed by atoms with Gasteiger partial charge in [0.05, 0.1) is 0 Å². The van der Waals surface area contributed by atoms with Crippen molar-refractivity contribution >= 4 is 15.9 Å². The summed E-state index contributed by atoms with van der Waals surface area (Å²) in [5.41, 5.74) is 0.637. The Morgan fingerprint density at radius 1 is 1.50 bits per heavy atom. The highest BCUT2D eigenvalue weighted by molar-refractivity contribution is 9.10. The fraction of sp³-hybridized carbons (Fsp3) is 0.333. The molecule has 18 heavy (non-hydrogen) atoms. The van der Waals surface area contributed by atoms with Crippen LogP contribution in [0.4, 0.5) is 4.39 Å². The third-order valence-corrected chi connectivity index (χ3v) is 3.12. The normalized spacial score (nSPS) is 12.6. The van der Waals surface area contributed by atoms with Gasteiger partial charge in [-0.2, -0.15) is 4.98 Å². The van der Waals surface area contributed by atoms with Crippen LogP contribution >= 0.6 is 15.9 Å². The second kappa shape index (κ2) is 6.06. The van der Waals surface area contributed by atoms with Gasteiger partial charge in [0.15, 0.2) is 5.82 Å². The van der Waals surface area contributed by atoms with Gasteiger partial charge < -0.3 is 9.84 Å². The van der Waals surface area contributed by atoms with Gasteiger partial charge >= 0.3 is 0 Å². The third-order valence-electron chi connectivity index (χ3n) is 2.63. The lowest BCUT2D eigenvalue weighted by atomic mass is 10.1. The molecule has 1 atom stereocenters. The zero-order chi connectivity index (χ0) is 13.0. The Bertz CT molecular complexity index is 504. The maximum Gasteiger partial charge on any atom is 0.213 e. The van der Waals surface area contributed by atoms with Crippen molar-refractivity contribution in [3.8, 4) is 0 Å². The fourth-order valence-electron chi connectivity index (χ4n) is 1.66. The van der Waals surface area contributed by atoms with Crippen molar-refractivity contribution < 1.29 is 8.91 Å². The minimum absolute atomic E-state index is 0.0746. The zero-order valence-electron chi connectivity index (χ0n) is 9.86. The summed E-state index contributed by atoms with van der Waals surface area (Å²) in [4.78, 5) is 3.92. The molecule has 2 aromatic rings. The molecule has 1 aromatic carbocycles. The van der Waals surface area contributed by atoms with Crippen molar-refractivity contribution in [3.63, 3.8) is 0 Å². The van der Waals surface area contributed by atoms with E-state index in [1.165, 1.54) is 12.5 Å². The number of benzene rings is 1. The van der Waals surface area contributed by atoms with E-state index in [9.17, 15) is 4.39 Å². The predicted molar refractivity (Wildman–Crippen MR) is 68.5 cm³/mol. The summed E-state index contributed by atoms with van der Waals surface area (Å²) in [6.45, 7) is 2.58. The number of aromatic nitrogens is 2. The van der Waals surface area contributed by atoms with Gasteiger partial charge in [0.25, 0.3) is 0 Å². The molecule has 2 rings (SSSR count). The highest BCUT2D eigenvalue weighted by Crippen LogP contribution is 2.21. The van der Waals surface area contributed by atoms with Crippen molar-refractivity contribution in [1.29, 1.82) is 0 Å². The lowest BCUT2D eigenvalue weighted by molar-refractivity contribution is 0.408. The van der Waals surface area contributed by atoms with Gasteiger partial charge in [-0.15, -0.1) is 0 Å². The monoisotopic (exact) mass is 313 g/mol. The molecule has 1 aromatic heterocycles. The standard InChI is InChI=1S/C12H13BrFN3O/c1-8(10-6-9(13)2-3-11(10)14)15-5-4-12-16-7-18-17-12/h2-3,6-8,15H,4-5H2,1H3. The molecule has 96 valence electrons. The van der Waals surface area contributed by atoms with Gasteiger partial charge in [-0.05, 0) is 25.1 Å². The van der Waals surface area contributed by atoms with Crippen LogP contribution in [0.15, 0.2) is 33.6 Å². The molecule has 1 heterocycles. The van der Waals surface area contributed by atoms with E-state index < -0.39 is 0 Å². The Morgan fingerprint density at radius 3 is 3.06 bits per heavy atom. The Labute approximate surface area is 113 Å². The highest BCUT2D eigenvalue weighted by atomic mass is 79.9. The SMILES string of the molecule is CC(NCCc1ncon1)c1cc(Br)ccc1F. The van der Waals surface area contributed by atoms with E-state index in [2.05, 4.69) is 35.9 Å². The van der Waals surface area contributed by atoms with Crippen LogP contribution in [0.2, 0.25) is 0 Å². The third kappa shape index (κ3) is 3.36. The van der Waals surface area contributed by atoms with E-state index in [-0.39, 0.29) is 11.9 Å². The lowest BCUT2D eigenvalue weighted by Gasteiger charge is -2.14. The Balaban J connectivity index is 1.91. The largest absolute Gasteiger partial charge is 0.343 e. The first-order chi connectivity index (χ1) is 8.66. The van der Waals surface area contributed by atoms with Crippen molar-refractivity contribution in [1.82, 2.24) is 15.5 Å². The first-order valence-corrected chi connectivity index (χ1v) is 6.39. The van der Waals surface area contributed by atoms with Crippen molar-refractivity contribution in [3.05, 3.63) is 46.3 Å². The van der Waals surface area contributed by atoms with Crippen LogP contribution in [0.3, 0.4) is 0 Å². The van der Waals surface area contributed by atoms with Crippen LogP contribution in [-0.4, -0.2) is 16.7 Å². The molecule has 0 saturated heterocycles. The summed E-state index contributed by atoms with van der Waals surface area (Å²) >= 11 is 3.34. The van der Waals surface area contributed by atoms with Gasteiger partial charge in [-0.1, -0.05) is 21.1 Å². The molecular weight excluding hydrogens is 301 g/mol. The molecule has 6 heteroatoms. The number of nitrogens with zero attached hydrogens (tertiary/aromatic N) is 2. The lowest BCUT2D eigenvalue weighted by Crippen LogP contribution is -2.22. The molecule has 0 bridgehead atoms. The smallest absolute Gasteiger partial charge is 0.213 e. The van der Waals surface area contributed by atoms with Gasteiger partial charge in [-0.3, -0.25) is 0 Å². The average molecular weight is 314 g/mol. The van der Waals surface area contributed by atoms with Gasteiger partial charge in [-0.25, -0.2) is 4.39 Å². The van der Waals surface area contributed by atoms with Crippen molar-refractivity contribution in [2.45, 2.75) is 19.4 Å². The van der Waals surface area contributed by atoms with Crippen LogP contribution in [0.1, 0.15) is 24.4 Å². The summed E-state index contributed by atoms with van der Waals surface area (Å²) in [6.07, 6.45) is 1.95. The van der Waals surface area contributed by atoms with E-state index in [0.29, 0.717) is 24.4 Å². The second-order valence-electron chi connectivity index (χ2n) is 3.94. The van der Waals surface area contributed by atoms with Gasteiger partial charge in [0, 0.05) is 29.0 Å². The molecule has 0 fully saturated rings. The molecule has 0 spiro atoms. The molecule has 0 saturated carbocycles. The number of halogens is 2. The number of rotatable bonds is 5. The summed E-state index contributed by atoms with van der Waals surface area (Å²) in [7, 11) is 0. The van der Waals surface area contributed by atoms with Gasteiger partial charge in [0.1, 0.15) is 5.82 Å². The van der Waals surface area contributed by atoms with E-state index in [0.717, 1.165) is 4.47 Å². The second-order valence-corrected chi connectivity index (χ2v) is 4.85. The number of hydrogen-bond donors (Lipinski definition) is 1. The quantitative estimate of drug-likeness (QED) is 0.922. The molecule has 0 aliphatic heterocycles. The topological polar surface area (TPSA) is 51.0 Å². The van der Waals surface area contributed by atoms with Crippen LogP contribution in [0.25, 0.3) is 0 Å². The van der Waals surface area contributed by atoms with Gasteiger partial charge in [0.2, 0.25) is 6.39 Å². The maximum atomic E-state index is 13.6. The highest BCUT2D eigenvalue weighted by Gasteiger charge is 2.11. The number of nitrogens with one attached hydrogen (secondary N) is 1. The minimum atomic E-state index is -0.210. The van der Waals surface area contributed by atoms with E-state index >= 15 is 0 Å². The van der Waals surface area contributed by atoms with Crippen LogP contribution < -0.4 is 5.32 Å².